The largest absolute Gasteiger partial charge is 0.489 e. The molecule has 3 fully saturated rings. The number of fused-ring (bicyclic) bond motifs is 1. The van der Waals surface area contributed by atoms with Crippen molar-refractivity contribution in [3.05, 3.63) is 41.6 Å². The summed E-state index contributed by atoms with van der Waals surface area (Å²) in [6.07, 6.45) is 9.71. The Morgan fingerprint density at radius 2 is 1.79 bits per heavy atom. The lowest BCUT2D eigenvalue weighted by Gasteiger charge is -2.35. The van der Waals surface area contributed by atoms with Gasteiger partial charge in [0, 0.05) is 37.0 Å². The van der Waals surface area contributed by atoms with E-state index >= 15 is 0 Å². The summed E-state index contributed by atoms with van der Waals surface area (Å²) in [4.78, 5) is 27.1. The molecule has 5 atom stereocenters. The predicted molar refractivity (Wildman–Crippen MR) is 125 cm³/mol. The van der Waals surface area contributed by atoms with Crippen molar-refractivity contribution in [3.8, 4) is 5.75 Å². The van der Waals surface area contributed by atoms with Gasteiger partial charge in [-0.3, -0.25) is 9.59 Å². The van der Waals surface area contributed by atoms with Crippen LogP contribution in [0.3, 0.4) is 0 Å². The molecule has 2 amide bonds. The van der Waals surface area contributed by atoms with Gasteiger partial charge in [-0.05, 0) is 75.1 Å². The molecule has 0 radical (unpaired) electrons. The Morgan fingerprint density at radius 1 is 1.03 bits per heavy atom. The molecule has 178 valence electrons. The van der Waals surface area contributed by atoms with Crippen molar-refractivity contribution in [1.29, 1.82) is 0 Å². The lowest BCUT2D eigenvalue weighted by molar-refractivity contribution is -0.126. The van der Waals surface area contributed by atoms with Crippen LogP contribution >= 0.6 is 0 Å². The first-order valence-electron chi connectivity index (χ1n) is 12.4. The second-order valence-electron chi connectivity index (χ2n) is 9.92. The summed E-state index contributed by atoms with van der Waals surface area (Å²) in [5.41, 5.74) is 2.33. The molecular weight excluding hydrogens is 418 g/mol. The van der Waals surface area contributed by atoms with Gasteiger partial charge in [-0.25, -0.2) is 0 Å². The fourth-order valence-electron chi connectivity index (χ4n) is 5.98. The molecule has 1 aromatic rings. The second-order valence-corrected chi connectivity index (χ2v) is 9.92. The van der Waals surface area contributed by atoms with Gasteiger partial charge in [0.2, 0.25) is 5.91 Å². The maximum atomic E-state index is 13.0. The molecule has 2 N–H and O–H groups in total. The molecule has 1 saturated heterocycles. The normalized spacial score (nSPS) is 32.1. The van der Waals surface area contributed by atoms with E-state index in [4.69, 9.17) is 9.47 Å². The zero-order chi connectivity index (χ0) is 22.9. The van der Waals surface area contributed by atoms with Gasteiger partial charge in [0.15, 0.2) is 0 Å². The molecule has 0 bridgehead atoms. The number of hydrogen-bond acceptors (Lipinski definition) is 5. The number of carbonyl (C=O) groups is 2. The highest BCUT2D eigenvalue weighted by molar-refractivity contribution is 6.01. The van der Waals surface area contributed by atoms with E-state index in [2.05, 4.69) is 17.2 Å². The molecule has 33 heavy (non-hydrogen) atoms. The number of piperidine rings is 1. The van der Waals surface area contributed by atoms with Crippen molar-refractivity contribution in [3.63, 3.8) is 0 Å². The van der Waals surface area contributed by atoms with Crippen LogP contribution in [0.1, 0.15) is 73.7 Å². The van der Waals surface area contributed by atoms with Crippen LogP contribution in [0, 0.1) is 0 Å². The molecule has 2 heterocycles. The van der Waals surface area contributed by atoms with E-state index in [1.807, 2.05) is 25.3 Å². The number of rotatable bonds is 6. The van der Waals surface area contributed by atoms with Crippen molar-refractivity contribution in [1.82, 2.24) is 15.5 Å². The highest BCUT2D eigenvalue weighted by atomic mass is 16.5. The summed E-state index contributed by atoms with van der Waals surface area (Å²) >= 11 is 0. The van der Waals surface area contributed by atoms with E-state index in [9.17, 15) is 9.59 Å². The first-order chi connectivity index (χ1) is 16.0. The Kier molecular flexibility index (Phi) is 6.43. The minimum atomic E-state index is -0.438. The van der Waals surface area contributed by atoms with E-state index in [1.54, 1.807) is 4.90 Å². The van der Waals surface area contributed by atoms with Crippen LogP contribution in [0.2, 0.25) is 0 Å². The van der Waals surface area contributed by atoms with Crippen molar-refractivity contribution in [2.75, 3.05) is 7.11 Å². The van der Waals surface area contributed by atoms with Crippen molar-refractivity contribution in [2.24, 2.45) is 0 Å². The summed E-state index contributed by atoms with van der Waals surface area (Å²) in [5, 5.41) is 6.64. The third-order valence-corrected chi connectivity index (χ3v) is 7.78. The Morgan fingerprint density at radius 3 is 2.61 bits per heavy atom. The predicted octanol–water partition coefficient (Wildman–Crippen LogP) is 3.28. The van der Waals surface area contributed by atoms with E-state index in [1.165, 1.54) is 19.3 Å². The molecule has 7 heteroatoms. The highest BCUT2D eigenvalue weighted by Crippen LogP contribution is 2.33. The van der Waals surface area contributed by atoms with E-state index in [0.717, 1.165) is 42.7 Å². The van der Waals surface area contributed by atoms with E-state index in [-0.39, 0.29) is 17.9 Å². The number of hydrogen-bond donors (Lipinski definition) is 2. The molecule has 5 rings (SSSR count). The minimum Gasteiger partial charge on any atom is -0.489 e. The van der Waals surface area contributed by atoms with Gasteiger partial charge in [-0.2, -0.15) is 0 Å². The smallest absolute Gasteiger partial charge is 0.255 e. The van der Waals surface area contributed by atoms with Crippen molar-refractivity contribution in [2.45, 2.75) is 94.7 Å². The highest BCUT2D eigenvalue weighted by Gasteiger charge is 2.39. The number of amides is 2. The summed E-state index contributed by atoms with van der Waals surface area (Å²) in [5.74, 6) is 0.591. The summed E-state index contributed by atoms with van der Waals surface area (Å²) < 4.78 is 12.2. The van der Waals surface area contributed by atoms with Gasteiger partial charge in [-0.15, -0.1) is 0 Å². The summed E-state index contributed by atoms with van der Waals surface area (Å²) in [6, 6.07) is 6.02. The van der Waals surface area contributed by atoms with Crippen LogP contribution in [0.25, 0.3) is 0 Å². The lowest BCUT2D eigenvalue weighted by Crippen LogP contribution is -2.51. The molecule has 1 aromatic carbocycles. The SMILES string of the molecule is C=C1CCC(N2Cc3cc(O[C@H]4CCCC[C@H]4NC4CCCC4OC)ccc3C2=O)C(=O)N1. The van der Waals surface area contributed by atoms with Gasteiger partial charge in [-0.1, -0.05) is 13.0 Å². The Balaban J connectivity index is 1.26. The maximum absolute atomic E-state index is 13.0. The summed E-state index contributed by atoms with van der Waals surface area (Å²) in [6.45, 7) is 4.28. The molecule has 0 aromatic heterocycles. The van der Waals surface area contributed by atoms with Gasteiger partial charge >= 0.3 is 0 Å². The Bertz CT molecular complexity index is 932. The molecule has 2 aliphatic heterocycles. The monoisotopic (exact) mass is 453 g/mol. The molecule has 7 nitrogen and oxygen atoms in total. The number of methoxy groups -OCH3 is 1. The fraction of sp³-hybridized carbons (Fsp3) is 0.615. The molecule has 2 saturated carbocycles. The first-order valence-corrected chi connectivity index (χ1v) is 12.4. The van der Waals surface area contributed by atoms with Crippen LogP contribution in [0.15, 0.2) is 30.5 Å². The van der Waals surface area contributed by atoms with Gasteiger partial charge in [0.25, 0.3) is 5.91 Å². The number of carbonyl (C=O) groups excluding carboxylic acids is 2. The third kappa shape index (κ3) is 4.53. The fourth-order valence-corrected chi connectivity index (χ4v) is 5.98. The average molecular weight is 454 g/mol. The number of benzene rings is 1. The molecule has 2 aliphatic carbocycles. The van der Waals surface area contributed by atoms with Gasteiger partial charge in [0.1, 0.15) is 17.9 Å². The maximum Gasteiger partial charge on any atom is 0.255 e. The third-order valence-electron chi connectivity index (χ3n) is 7.78. The topological polar surface area (TPSA) is 79.9 Å². The second kappa shape index (κ2) is 9.47. The molecule has 4 aliphatic rings. The lowest BCUT2D eigenvalue weighted by atomic mass is 9.91. The number of nitrogens with zero attached hydrogens (tertiary/aromatic N) is 1. The van der Waals surface area contributed by atoms with E-state index < -0.39 is 6.04 Å². The van der Waals surface area contributed by atoms with Crippen LogP contribution in [0.4, 0.5) is 0 Å². The number of nitrogens with one attached hydrogen (secondary N) is 2. The zero-order valence-corrected chi connectivity index (χ0v) is 19.5. The average Bonchev–Trinajstić information content (AvgIpc) is 3.39. The van der Waals surface area contributed by atoms with Gasteiger partial charge < -0.3 is 25.0 Å². The van der Waals surface area contributed by atoms with Crippen molar-refractivity contribution < 1.29 is 19.1 Å². The summed E-state index contributed by atoms with van der Waals surface area (Å²) in [7, 11) is 1.81. The quantitative estimate of drug-likeness (QED) is 0.691. The van der Waals surface area contributed by atoms with E-state index in [0.29, 0.717) is 43.1 Å². The standard InChI is InChI=1S/C26H35N3O4/c1-16-10-13-22(25(30)27-16)29-15-17-14-18(11-12-19(17)26(29)31)33-24-8-4-3-6-21(24)28-20-7-5-9-23(20)32-2/h11-12,14,20-24,28H,1,3-10,13,15H2,2H3,(H,27,30)/t20?,21-,22?,23?,24+/m1/s1. The molecule has 3 unspecified atom stereocenters. The minimum absolute atomic E-state index is 0.0757. The zero-order valence-electron chi connectivity index (χ0n) is 19.5. The Hall–Kier alpha value is -2.38. The van der Waals surface area contributed by atoms with Crippen LogP contribution in [0.5, 0.6) is 5.75 Å². The number of ether oxygens (including phenoxy) is 2. The van der Waals surface area contributed by atoms with Crippen molar-refractivity contribution >= 4 is 11.8 Å². The Labute approximate surface area is 195 Å². The van der Waals surface area contributed by atoms with Gasteiger partial charge in [0.05, 0.1) is 6.10 Å². The van der Waals surface area contributed by atoms with Crippen LogP contribution < -0.4 is 15.4 Å². The van der Waals surface area contributed by atoms with Crippen LogP contribution in [-0.2, 0) is 16.1 Å². The molecular formula is C26H35N3O4. The first kappa shape index (κ1) is 22.4. The van der Waals surface area contributed by atoms with Crippen LogP contribution in [-0.4, -0.2) is 54.2 Å². The molecule has 0 spiro atoms. The number of allylic oxidation sites excluding steroid dienone is 1.